The number of carbonyl (C=O) groups excluding carboxylic acids is 1. The summed E-state index contributed by atoms with van der Waals surface area (Å²) in [5, 5.41) is 11.6. The lowest BCUT2D eigenvalue weighted by atomic mass is 9.98. The number of ether oxygens (including phenoxy) is 3. The number of carboxylic acids is 1. The lowest BCUT2D eigenvalue weighted by Gasteiger charge is -2.19. The van der Waals surface area contributed by atoms with Crippen LogP contribution in [0.1, 0.15) is 23.5 Å². The summed E-state index contributed by atoms with van der Waals surface area (Å²) in [4.78, 5) is 23.3. The second-order valence-electron chi connectivity index (χ2n) is 6.83. The highest BCUT2D eigenvalue weighted by molar-refractivity contribution is 5.79. The molecule has 2 N–H and O–H groups in total. The van der Waals surface area contributed by atoms with Gasteiger partial charge in [0.05, 0.1) is 32.3 Å². The molecule has 0 bridgehead atoms. The molecule has 3 rings (SSSR count). The third kappa shape index (κ3) is 5.34. The van der Waals surface area contributed by atoms with Gasteiger partial charge in [-0.1, -0.05) is 48.5 Å². The summed E-state index contributed by atoms with van der Waals surface area (Å²) >= 11 is 0. The van der Waals surface area contributed by atoms with Crippen LogP contribution in [-0.4, -0.2) is 56.7 Å². The number of carbonyl (C=O) groups is 2. The van der Waals surface area contributed by atoms with Gasteiger partial charge in [-0.25, -0.2) is 4.79 Å². The van der Waals surface area contributed by atoms with Crippen LogP contribution in [0.25, 0.3) is 11.1 Å². The van der Waals surface area contributed by atoms with E-state index in [-0.39, 0.29) is 25.6 Å². The van der Waals surface area contributed by atoms with Crippen molar-refractivity contribution in [3.63, 3.8) is 0 Å². The minimum Gasteiger partial charge on any atom is -0.481 e. The molecule has 0 spiro atoms. The smallest absolute Gasteiger partial charge is 0.407 e. The molecule has 2 aromatic rings. The Bertz CT molecular complexity index is 807. The average Bonchev–Trinajstić information content (AvgIpc) is 3.03. The molecule has 2 aromatic carbocycles. The number of carboxylic acid groups (broad SMARTS) is 1. The molecule has 154 valence electrons. The van der Waals surface area contributed by atoms with E-state index < -0.39 is 18.1 Å². The Morgan fingerprint density at radius 3 is 2.24 bits per heavy atom. The maximum atomic E-state index is 12.3. The molecule has 0 fully saturated rings. The van der Waals surface area contributed by atoms with Crippen LogP contribution in [-0.2, 0) is 19.0 Å². The fourth-order valence-electron chi connectivity index (χ4n) is 3.54. The monoisotopic (exact) mass is 399 g/mol. The topological polar surface area (TPSA) is 94.1 Å². The fraction of sp³-hybridized carbons (Fsp3) is 0.364. The Kier molecular flexibility index (Phi) is 7.21. The van der Waals surface area contributed by atoms with Crippen LogP contribution in [0.15, 0.2) is 48.5 Å². The lowest BCUT2D eigenvalue weighted by Crippen LogP contribution is -2.40. The Morgan fingerprint density at radius 2 is 1.66 bits per heavy atom. The zero-order valence-corrected chi connectivity index (χ0v) is 16.3. The summed E-state index contributed by atoms with van der Waals surface area (Å²) < 4.78 is 15.7. The van der Waals surface area contributed by atoms with Crippen molar-refractivity contribution in [2.75, 3.05) is 33.5 Å². The molecule has 0 saturated heterocycles. The molecule has 1 aliphatic carbocycles. The van der Waals surface area contributed by atoms with Crippen molar-refractivity contribution < 1.29 is 28.9 Å². The first-order valence-electron chi connectivity index (χ1n) is 9.50. The molecule has 0 saturated carbocycles. The Morgan fingerprint density at radius 1 is 1.03 bits per heavy atom. The molecule has 0 aromatic heterocycles. The van der Waals surface area contributed by atoms with Gasteiger partial charge in [-0.2, -0.15) is 0 Å². The first kappa shape index (κ1) is 20.8. The number of amides is 1. The summed E-state index contributed by atoms with van der Waals surface area (Å²) in [6.07, 6.45) is -0.912. The van der Waals surface area contributed by atoms with Gasteiger partial charge in [-0.15, -0.1) is 0 Å². The predicted molar refractivity (Wildman–Crippen MR) is 107 cm³/mol. The molecule has 0 radical (unpaired) electrons. The number of hydrogen-bond acceptors (Lipinski definition) is 5. The SMILES string of the molecule is COCCOCC(CC(=O)O)NC(=O)OCC1c2ccccc2-c2ccccc21. The second-order valence-corrected chi connectivity index (χ2v) is 6.83. The van der Waals surface area contributed by atoms with Crippen molar-refractivity contribution in [1.82, 2.24) is 5.32 Å². The van der Waals surface area contributed by atoms with Gasteiger partial charge in [-0.05, 0) is 22.3 Å². The number of methoxy groups -OCH3 is 1. The minimum absolute atomic E-state index is 0.0518. The van der Waals surface area contributed by atoms with Crippen molar-refractivity contribution in [3.05, 3.63) is 59.7 Å². The molecule has 29 heavy (non-hydrogen) atoms. The van der Waals surface area contributed by atoms with Crippen molar-refractivity contribution in [1.29, 1.82) is 0 Å². The van der Waals surface area contributed by atoms with E-state index in [1.807, 2.05) is 36.4 Å². The van der Waals surface area contributed by atoms with E-state index in [0.29, 0.717) is 13.2 Å². The van der Waals surface area contributed by atoms with E-state index in [9.17, 15) is 9.59 Å². The first-order chi connectivity index (χ1) is 14.1. The summed E-state index contributed by atoms with van der Waals surface area (Å²) in [5.41, 5.74) is 4.53. The maximum absolute atomic E-state index is 12.3. The summed E-state index contributed by atoms with van der Waals surface area (Å²) in [7, 11) is 1.55. The highest BCUT2D eigenvalue weighted by Gasteiger charge is 2.29. The van der Waals surface area contributed by atoms with E-state index >= 15 is 0 Å². The van der Waals surface area contributed by atoms with Crippen molar-refractivity contribution >= 4 is 12.1 Å². The van der Waals surface area contributed by atoms with Gasteiger partial charge in [0.25, 0.3) is 0 Å². The average molecular weight is 399 g/mol. The van der Waals surface area contributed by atoms with E-state index in [1.165, 1.54) is 0 Å². The van der Waals surface area contributed by atoms with Crippen LogP contribution in [0.2, 0.25) is 0 Å². The van der Waals surface area contributed by atoms with Gasteiger partial charge >= 0.3 is 12.1 Å². The minimum atomic E-state index is -1.02. The largest absolute Gasteiger partial charge is 0.481 e. The normalized spacial score (nSPS) is 13.4. The summed E-state index contributed by atoms with van der Waals surface area (Å²) in [5.74, 6) is -1.08. The quantitative estimate of drug-likeness (QED) is 0.597. The van der Waals surface area contributed by atoms with Crippen LogP contribution in [0.3, 0.4) is 0 Å². The molecule has 7 nitrogen and oxygen atoms in total. The Hall–Kier alpha value is -2.90. The van der Waals surface area contributed by atoms with Crippen molar-refractivity contribution in [2.45, 2.75) is 18.4 Å². The molecule has 1 amide bonds. The number of aliphatic carboxylic acids is 1. The lowest BCUT2D eigenvalue weighted by molar-refractivity contribution is -0.137. The Labute approximate surface area is 169 Å². The first-order valence-corrected chi connectivity index (χ1v) is 9.50. The van der Waals surface area contributed by atoms with Gasteiger partial charge in [0, 0.05) is 13.0 Å². The molecule has 0 heterocycles. The highest BCUT2D eigenvalue weighted by Crippen LogP contribution is 2.44. The molecule has 0 aliphatic heterocycles. The third-order valence-electron chi connectivity index (χ3n) is 4.84. The zero-order chi connectivity index (χ0) is 20.6. The number of nitrogens with one attached hydrogen (secondary N) is 1. The fourth-order valence-corrected chi connectivity index (χ4v) is 3.54. The number of hydrogen-bond donors (Lipinski definition) is 2. The maximum Gasteiger partial charge on any atom is 0.407 e. The van der Waals surface area contributed by atoms with Crippen molar-refractivity contribution in [3.8, 4) is 11.1 Å². The van der Waals surface area contributed by atoms with E-state index in [0.717, 1.165) is 22.3 Å². The standard InChI is InChI=1S/C22H25NO6/c1-27-10-11-28-13-15(12-21(24)25)23-22(26)29-14-20-18-8-4-2-6-16(18)17-7-3-5-9-19(17)20/h2-9,15,20H,10-14H2,1H3,(H,23,26)(H,24,25). The zero-order valence-electron chi connectivity index (χ0n) is 16.3. The van der Waals surface area contributed by atoms with Crippen LogP contribution in [0.5, 0.6) is 0 Å². The molecular weight excluding hydrogens is 374 g/mol. The van der Waals surface area contributed by atoms with Crippen LogP contribution < -0.4 is 5.32 Å². The number of benzene rings is 2. The van der Waals surface area contributed by atoms with Gasteiger partial charge in [0.1, 0.15) is 6.61 Å². The summed E-state index contributed by atoms with van der Waals surface area (Å²) in [6.45, 7) is 0.952. The van der Waals surface area contributed by atoms with Gasteiger partial charge in [0.2, 0.25) is 0 Å². The highest BCUT2D eigenvalue weighted by atomic mass is 16.6. The van der Waals surface area contributed by atoms with Crippen LogP contribution in [0.4, 0.5) is 4.79 Å². The predicted octanol–water partition coefficient (Wildman–Crippen LogP) is 3.03. The van der Waals surface area contributed by atoms with Gasteiger partial charge in [-0.3, -0.25) is 4.79 Å². The van der Waals surface area contributed by atoms with Crippen LogP contribution >= 0.6 is 0 Å². The third-order valence-corrected chi connectivity index (χ3v) is 4.84. The molecular formula is C22H25NO6. The number of alkyl carbamates (subject to hydrolysis) is 1. The molecule has 1 atom stereocenters. The number of fused-ring (bicyclic) bond motifs is 3. The van der Waals surface area contributed by atoms with Gasteiger partial charge in [0.15, 0.2) is 0 Å². The van der Waals surface area contributed by atoms with E-state index in [1.54, 1.807) is 7.11 Å². The summed E-state index contributed by atoms with van der Waals surface area (Å²) in [6, 6.07) is 15.5. The van der Waals surface area contributed by atoms with Crippen molar-refractivity contribution in [2.24, 2.45) is 0 Å². The number of rotatable bonds is 10. The van der Waals surface area contributed by atoms with Gasteiger partial charge < -0.3 is 24.6 Å². The van der Waals surface area contributed by atoms with E-state index in [2.05, 4.69) is 17.4 Å². The molecule has 1 aliphatic rings. The van der Waals surface area contributed by atoms with Crippen LogP contribution in [0, 0.1) is 0 Å². The molecule has 7 heteroatoms. The second kappa shape index (κ2) is 10.0. The van der Waals surface area contributed by atoms with E-state index in [4.69, 9.17) is 19.3 Å². The Balaban J connectivity index is 1.60. The molecule has 1 unspecified atom stereocenters.